The lowest BCUT2D eigenvalue weighted by molar-refractivity contribution is -0.133. The quantitative estimate of drug-likeness (QED) is 0.641. The Kier molecular flexibility index (Phi) is 6.18. The topological polar surface area (TPSA) is 84.3 Å². The van der Waals surface area contributed by atoms with Crippen LogP contribution >= 0.6 is 11.3 Å². The predicted molar refractivity (Wildman–Crippen MR) is 123 cm³/mol. The molecule has 0 spiro atoms. The third kappa shape index (κ3) is 4.39. The molecule has 1 aliphatic carbocycles. The van der Waals surface area contributed by atoms with Gasteiger partial charge in [-0.05, 0) is 49.3 Å². The second kappa shape index (κ2) is 9.01. The lowest BCUT2D eigenvalue weighted by Crippen LogP contribution is -2.38. The van der Waals surface area contributed by atoms with E-state index in [2.05, 4.69) is 10.3 Å². The number of anilines is 1. The fraction of sp³-hybridized carbons (Fsp3) is 0.391. The van der Waals surface area contributed by atoms with Gasteiger partial charge in [0.05, 0.1) is 18.3 Å². The van der Waals surface area contributed by atoms with Crippen LogP contribution in [0.3, 0.4) is 0 Å². The first-order valence-corrected chi connectivity index (χ1v) is 11.4. The van der Waals surface area contributed by atoms with Gasteiger partial charge in [0.2, 0.25) is 11.8 Å². The molecular weight excluding hydrogens is 412 g/mol. The maximum atomic E-state index is 13.0. The number of fused-ring (bicyclic) bond motifs is 3. The molecule has 0 bridgehead atoms. The molecule has 2 aromatic heterocycles. The lowest BCUT2D eigenvalue weighted by atomic mass is 9.97. The molecule has 2 amide bonds. The number of carbonyl (C=O) groups is 2. The van der Waals surface area contributed by atoms with Crippen LogP contribution in [0.2, 0.25) is 0 Å². The number of thiophene rings is 1. The maximum absolute atomic E-state index is 13.0. The van der Waals surface area contributed by atoms with Crippen LogP contribution in [0.1, 0.15) is 35.8 Å². The van der Waals surface area contributed by atoms with Gasteiger partial charge in [0.15, 0.2) is 0 Å². The fourth-order valence-corrected chi connectivity index (χ4v) is 5.22. The summed E-state index contributed by atoms with van der Waals surface area (Å²) in [6, 6.07) is 7.60. The molecule has 0 atom stereocenters. The van der Waals surface area contributed by atoms with Crippen LogP contribution in [-0.2, 0) is 35.4 Å². The molecule has 8 heteroatoms. The van der Waals surface area contributed by atoms with Gasteiger partial charge < -0.3 is 10.2 Å². The summed E-state index contributed by atoms with van der Waals surface area (Å²) >= 11 is 1.59. The molecule has 31 heavy (non-hydrogen) atoms. The lowest BCUT2D eigenvalue weighted by Gasteiger charge is -2.18. The Morgan fingerprint density at radius 2 is 2.00 bits per heavy atom. The normalized spacial score (nSPS) is 13.1. The van der Waals surface area contributed by atoms with Crippen LogP contribution in [0.25, 0.3) is 10.2 Å². The number of rotatable bonds is 6. The first kappa shape index (κ1) is 21.2. The van der Waals surface area contributed by atoms with Gasteiger partial charge in [-0.25, -0.2) is 4.98 Å². The summed E-state index contributed by atoms with van der Waals surface area (Å²) in [7, 11) is 1.57. The number of hydrogen-bond donors (Lipinski definition) is 1. The van der Waals surface area contributed by atoms with Crippen molar-refractivity contribution in [3.63, 3.8) is 0 Å². The molecule has 0 fully saturated rings. The van der Waals surface area contributed by atoms with Gasteiger partial charge in [-0.3, -0.25) is 19.0 Å². The van der Waals surface area contributed by atoms with E-state index in [-0.39, 0.29) is 30.5 Å². The van der Waals surface area contributed by atoms with Crippen molar-refractivity contribution in [2.24, 2.45) is 0 Å². The molecule has 0 unspecified atom stereocenters. The van der Waals surface area contributed by atoms with Crippen molar-refractivity contribution in [3.8, 4) is 0 Å². The number of aromatic nitrogens is 2. The van der Waals surface area contributed by atoms with E-state index in [0.717, 1.165) is 53.7 Å². The van der Waals surface area contributed by atoms with E-state index >= 15 is 0 Å². The number of para-hydroxylation sites is 1. The van der Waals surface area contributed by atoms with Crippen molar-refractivity contribution < 1.29 is 9.59 Å². The molecule has 0 aliphatic heterocycles. The molecular formula is C23H26N4O3S. The van der Waals surface area contributed by atoms with Gasteiger partial charge >= 0.3 is 0 Å². The Balaban J connectivity index is 1.45. The minimum Gasteiger partial charge on any atom is -0.335 e. The average molecular weight is 439 g/mol. The summed E-state index contributed by atoms with van der Waals surface area (Å²) in [6.07, 6.45) is 6.34. The minimum absolute atomic E-state index is 0.0881. The predicted octanol–water partition coefficient (Wildman–Crippen LogP) is 3.00. The van der Waals surface area contributed by atoms with Crippen molar-refractivity contribution in [2.75, 3.05) is 18.9 Å². The highest BCUT2D eigenvalue weighted by atomic mass is 32.1. The Labute approximate surface area is 184 Å². The van der Waals surface area contributed by atoms with Crippen molar-refractivity contribution in [1.82, 2.24) is 14.5 Å². The van der Waals surface area contributed by atoms with Crippen molar-refractivity contribution in [2.45, 2.75) is 45.6 Å². The standard InChI is InChI=1S/C23H26N4O3S/c1-3-15-8-4-6-10-17(15)25-19(28)12-26(2)20(29)13-27-14-24-22-21(23(27)30)16-9-5-7-11-18(16)31-22/h4,6,8,10,14H,3,5,7,9,11-13H2,1-2H3,(H,25,28). The smallest absolute Gasteiger partial charge is 0.262 e. The SMILES string of the molecule is CCc1ccccc1NC(=O)CN(C)C(=O)Cn1cnc2sc3c(c2c1=O)CCCC3. The molecule has 3 aromatic rings. The number of amides is 2. The Morgan fingerprint density at radius 1 is 1.23 bits per heavy atom. The van der Waals surface area contributed by atoms with Gasteiger partial charge in [-0.1, -0.05) is 25.1 Å². The summed E-state index contributed by atoms with van der Waals surface area (Å²) in [6.45, 7) is 1.80. The van der Waals surface area contributed by atoms with E-state index in [1.165, 1.54) is 20.7 Å². The van der Waals surface area contributed by atoms with Crippen LogP contribution in [-0.4, -0.2) is 39.9 Å². The molecule has 7 nitrogen and oxygen atoms in total. The van der Waals surface area contributed by atoms with E-state index in [0.29, 0.717) is 5.39 Å². The van der Waals surface area contributed by atoms with Crippen LogP contribution in [0, 0.1) is 0 Å². The largest absolute Gasteiger partial charge is 0.335 e. The van der Waals surface area contributed by atoms with Gasteiger partial charge in [0, 0.05) is 17.6 Å². The van der Waals surface area contributed by atoms with E-state index in [1.807, 2.05) is 31.2 Å². The van der Waals surface area contributed by atoms with E-state index in [1.54, 1.807) is 18.4 Å². The van der Waals surface area contributed by atoms with Crippen molar-refractivity contribution >= 4 is 39.1 Å². The summed E-state index contributed by atoms with van der Waals surface area (Å²) in [5, 5.41) is 3.52. The third-order valence-electron chi connectivity index (χ3n) is 5.73. The number of hydrogen-bond acceptors (Lipinski definition) is 5. The molecule has 1 N–H and O–H groups in total. The van der Waals surface area contributed by atoms with Gasteiger partial charge in [-0.15, -0.1) is 11.3 Å². The second-order valence-corrected chi connectivity index (χ2v) is 8.96. The zero-order valence-corrected chi connectivity index (χ0v) is 18.6. The Bertz CT molecular complexity index is 1200. The van der Waals surface area contributed by atoms with Crippen LogP contribution in [0.4, 0.5) is 5.69 Å². The second-order valence-electron chi connectivity index (χ2n) is 7.88. The van der Waals surface area contributed by atoms with E-state index < -0.39 is 0 Å². The third-order valence-corrected chi connectivity index (χ3v) is 6.93. The summed E-state index contributed by atoms with van der Waals surface area (Å²) in [4.78, 5) is 45.9. The molecule has 162 valence electrons. The number of benzene rings is 1. The van der Waals surface area contributed by atoms with Gasteiger partial charge in [-0.2, -0.15) is 0 Å². The van der Waals surface area contributed by atoms with Crippen LogP contribution in [0.5, 0.6) is 0 Å². The molecule has 1 aliphatic rings. The Hall–Kier alpha value is -3.00. The molecule has 2 heterocycles. The van der Waals surface area contributed by atoms with Crippen molar-refractivity contribution in [1.29, 1.82) is 0 Å². The minimum atomic E-state index is -0.314. The highest BCUT2D eigenvalue weighted by molar-refractivity contribution is 7.18. The van der Waals surface area contributed by atoms with Gasteiger partial charge in [0.1, 0.15) is 11.4 Å². The first-order chi connectivity index (χ1) is 15.0. The molecule has 1 aromatic carbocycles. The fourth-order valence-electron chi connectivity index (χ4n) is 4.00. The molecule has 0 saturated heterocycles. The summed E-state index contributed by atoms with van der Waals surface area (Å²) in [5.41, 5.74) is 2.72. The monoisotopic (exact) mass is 438 g/mol. The van der Waals surface area contributed by atoms with Crippen LogP contribution in [0.15, 0.2) is 35.4 Å². The van der Waals surface area contributed by atoms with Gasteiger partial charge in [0.25, 0.3) is 5.56 Å². The Morgan fingerprint density at radius 3 is 2.81 bits per heavy atom. The zero-order valence-electron chi connectivity index (χ0n) is 17.8. The highest BCUT2D eigenvalue weighted by Crippen LogP contribution is 2.33. The number of aryl methyl sites for hydroxylation is 3. The average Bonchev–Trinajstić information content (AvgIpc) is 3.15. The number of likely N-dealkylation sites (N-methyl/N-ethyl adjacent to an activating group) is 1. The van der Waals surface area contributed by atoms with E-state index in [4.69, 9.17) is 0 Å². The molecule has 0 saturated carbocycles. The van der Waals surface area contributed by atoms with Crippen molar-refractivity contribution in [3.05, 3.63) is 57.0 Å². The number of nitrogens with zero attached hydrogens (tertiary/aromatic N) is 3. The molecule has 4 rings (SSSR count). The number of carbonyl (C=O) groups excluding carboxylic acids is 2. The van der Waals surface area contributed by atoms with E-state index in [9.17, 15) is 14.4 Å². The highest BCUT2D eigenvalue weighted by Gasteiger charge is 2.21. The summed E-state index contributed by atoms with van der Waals surface area (Å²) < 4.78 is 1.35. The maximum Gasteiger partial charge on any atom is 0.262 e. The van der Waals surface area contributed by atoms with Crippen LogP contribution < -0.4 is 10.9 Å². The number of nitrogens with one attached hydrogen (secondary N) is 1. The first-order valence-electron chi connectivity index (χ1n) is 10.6. The summed E-state index contributed by atoms with van der Waals surface area (Å²) in [5.74, 6) is -0.587. The zero-order chi connectivity index (χ0) is 22.0. The molecule has 0 radical (unpaired) electrons.